The van der Waals surface area contributed by atoms with Gasteiger partial charge < -0.3 is 5.11 Å². The van der Waals surface area contributed by atoms with E-state index in [1.165, 1.54) is 43.2 Å². The summed E-state index contributed by atoms with van der Waals surface area (Å²) in [5.41, 5.74) is 2.79. The van der Waals surface area contributed by atoms with E-state index in [1.807, 2.05) is 0 Å². The molecule has 0 heterocycles. The number of benzene rings is 1. The van der Waals surface area contributed by atoms with Crippen LogP contribution in [0.2, 0.25) is 0 Å². The fourth-order valence-electron chi connectivity index (χ4n) is 2.95. The highest BCUT2D eigenvalue weighted by Gasteiger charge is 2.15. The van der Waals surface area contributed by atoms with Gasteiger partial charge in [-0.3, -0.25) is 0 Å². The molecule has 0 spiro atoms. The standard InChI is InChI=1S/C16H24O/c1-2-13(12-17)15-8-10-16(11-9-15)14-6-4-3-5-7-14/h8-11,13-14,17H,2-7,12H2,1H3. The summed E-state index contributed by atoms with van der Waals surface area (Å²) in [5, 5.41) is 9.30. The molecule has 0 bridgehead atoms. The van der Waals surface area contributed by atoms with Gasteiger partial charge >= 0.3 is 0 Å². The first kappa shape index (κ1) is 12.6. The maximum atomic E-state index is 9.30. The summed E-state index contributed by atoms with van der Waals surface area (Å²) in [7, 11) is 0. The SMILES string of the molecule is CCC(CO)c1ccc(C2CCCCC2)cc1. The molecule has 1 saturated carbocycles. The van der Waals surface area contributed by atoms with Gasteiger partial charge in [0.25, 0.3) is 0 Å². The number of aliphatic hydroxyl groups excluding tert-OH is 1. The molecule has 1 N–H and O–H groups in total. The van der Waals surface area contributed by atoms with Crippen molar-refractivity contribution < 1.29 is 5.11 Å². The quantitative estimate of drug-likeness (QED) is 0.824. The van der Waals surface area contributed by atoms with Crippen LogP contribution in [0, 0.1) is 0 Å². The second kappa shape index (κ2) is 6.20. The van der Waals surface area contributed by atoms with E-state index in [0.717, 1.165) is 12.3 Å². The molecular formula is C16H24O. The van der Waals surface area contributed by atoms with Crippen LogP contribution in [0.4, 0.5) is 0 Å². The second-order valence-electron chi connectivity index (χ2n) is 5.29. The number of rotatable bonds is 4. The fraction of sp³-hybridized carbons (Fsp3) is 0.625. The normalized spacial score (nSPS) is 19.2. The highest BCUT2D eigenvalue weighted by atomic mass is 16.3. The van der Waals surface area contributed by atoms with E-state index >= 15 is 0 Å². The van der Waals surface area contributed by atoms with Crippen molar-refractivity contribution in [3.05, 3.63) is 35.4 Å². The van der Waals surface area contributed by atoms with Crippen molar-refractivity contribution in [2.24, 2.45) is 0 Å². The molecule has 0 aliphatic heterocycles. The first-order valence-electron chi connectivity index (χ1n) is 7.06. The average molecular weight is 232 g/mol. The number of aliphatic hydroxyl groups is 1. The molecule has 1 aliphatic carbocycles. The van der Waals surface area contributed by atoms with Gasteiger partial charge in [-0.05, 0) is 36.3 Å². The van der Waals surface area contributed by atoms with Crippen LogP contribution in [-0.4, -0.2) is 11.7 Å². The summed E-state index contributed by atoms with van der Waals surface area (Å²) in [6, 6.07) is 9.00. The van der Waals surface area contributed by atoms with Crippen molar-refractivity contribution in [1.82, 2.24) is 0 Å². The molecule has 1 aliphatic rings. The Labute approximate surface area is 105 Å². The Bertz CT molecular complexity index is 318. The Morgan fingerprint density at radius 1 is 1.12 bits per heavy atom. The maximum absolute atomic E-state index is 9.30. The predicted molar refractivity (Wildman–Crippen MR) is 72.4 cm³/mol. The van der Waals surface area contributed by atoms with Gasteiger partial charge in [-0.1, -0.05) is 50.5 Å². The van der Waals surface area contributed by atoms with Crippen molar-refractivity contribution in [3.63, 3.8) is 0 Å². The molecule has 94 valence electrons. The summed E-state index contributed by atoms with van der Waals surface area (Å²) >= 11 is 0. The van der Waals surface area contributed by atoms with Crippen LogP contribution in [0.1, 0.15) is 68.4 Å². The molecule has 2 rings (SSSR count). The van der Waals surface area contributed by atoms with E-state index < -0.39 is 0 Å². The van der Waals surface area contributed by atoms with Crippen molar-refractivity contribution in [2.75, 3.05) is 6.61 Å². The maximum Gasteiger partial charge on any atom is 0.0499 e. The van der Waals surface area contributed by atoms with Gasteiger partial charge in [0, 0.05) is 12.5 Å². The molecule has 1 atom stereocenters. The third kappa shape index (κ3) is 3.10. The van der Waals surface area contributed by atoms with Crippen LogP contribution in [0.5, 0.6) is 0 Å². The Balaban J connectivity index is 2.06. The summed E-state index contributed by atoms with van der Waals surface area (Å²) in [5.74, 6) is 1.10. The van der Waals surface area contributed by atoms with Crippen LogP contribution in [0.3, 0.4) is 0 Å². The highest BCUT2D eigenvalue weighted by molar-refractivity contribution is 5.28. The van der Waals surface area contributed by atoms with Gasteiger partial charge in [-0.2, -0.15) is 0 Å². The molecule has 1 aromatic rings. The smallest absolute Gasteiger partial charge is 0.0499 e. The molecule has 1 unspecified atom stereocenters. The highest BCUT2D eigenvalue weighted by Crippen LogP contribution is 2.33. The fourth-order valence-corrected chi connectivity index (χ4v) is 2.95. The van der Waals surface area contributed by atoms with E-state index in [9.17, 15) is 5.11 Å². The zero-order chi connectivity index (χ0) is 12.1. The molecule has 1 heteroatoms. The average Bonchev–Trinajstić information content (AvgIpc) is 2.42. The molecule has 1 aromatic carbocycles. The van der Waals surface area contributed by atoms with Crippen molar-refractivity contribution >= 4 is 0 Å². The molecule has 0 saturated heterocycles. The van der Waals surface area contributed by atoms with Crippen molar-refractivity contribution in [1.29, 1.82) is 0 Å². The number of hydrogen-bond acceptors (Lipinski definition) is 1. The van der Waals surface area contributed by atoms with Crippen LogP contribution in [-0.2, 0) is 0 Å². The van der Waals surface area contributed by atoms with Gasteiger partial charge in [0.15, 0.2) is 0 Å². The minimum atomic E-state index is 0.263. The van der Waals surface area contributed by atoms with Gasteiger partial charge in [-0.25, -0.2) is 0 Å². The van der Waals surface area contributed by atoms with Gasteiger partial charge in [0.2, 0.25) is 0 Å². The second-order valence-corrected chi connectivity index (χ2v) is 5.29. The molecule has 1 fully saturated rings. The largest absolute Gasteiger partial charge is 0.396 e. The minimum Gasteiger partial charge on any atom is -0.396 e. The predicted octanol–water partition coefficient (Wildman–Crippen LogP) is 4.22. The van der Waals surface area contributed by atoms with E-state index in [0.29, 0.717) is 5.92 Å². The zero-order valence-electron chi connectivity index (χ0n) is 10.9. The summed E-state index contributed by atoms with van der Waals surface area (Å²) in [6.45, 7) is 2.40. The monoisotopic (exact) mass is 232 g/mol. The summed E-state index contributed by atoms with van der Waals surface area (Å²) in [6.07, 6.45) is 7.92. The van der Waals surface area contributed by atoms with E-state index in [4.69, 9.17) is 0 Å². The van der Waals surface area contributed by atoms with E-state index in [2.05, 4.69) is 31.2 Å². The summed E-state index contributed by atoms with van der Waals surface area (Å²) in [4.78, 5) is 0. The van der Waals surface area contributed by atoms with Crippen molar-refractivity contribution in [2.45, 2.75) is 57.3 Å². The third-order valence-electron chi connectivity index (χ3n) is 4.20. The minimum absolute atomic E-state index is 0.263. The Hall–Kier alpha value is -0.820. The van der Waals surface area contributed by atoms with Gasteiger partial charge in [0.1, 0.15) is 0 Å². The Kier molecular flexibility index (Phi) is 4.61. The summed E-state index contributed by atoms with van der Waals surface area (Å²) < 4.78 is 0. The molecular weight excluding hydrogens is 208 g/mol. The molecule has 0 aromatic heterocycles. The van der Waals surface area contributed by atoms with Gasteiger partial charge in [-0.15, -0.1) is 0 Å². The Morgan fingerprint density at radius 3 is 2.29 bits per heavy atom. The lowest BCUT2D eigenvalue weighted by atomic mass is 9.83. The van der Waals surface area contributed by atoms with E-state index in [1.54, 1.807) is 0 Å². The van der Waals surface area contributed by atoms with Gasteiger partial charge in [0.05, 0.1) is 0 Å². The lowest BCUT2D eigenvalue weighted by Gasteiger charge is -2.22. The first-order chi connectivity index (χ1) is 8.35. The topological polar surface area (TPSA) is 20.2 Å². The van der Waals surface area contributed by atoms with Crippen LogP contribution in [0.25, 0.3) is 0 Å². The molecule has 1 nitrogen and oxygen atoms in total. The zero-order valence-corrected chi connectivity index (χ0v) is 10.9. The molecule has 17 heavy (non-hydrogen) atoms. The van der Waals surface area contributed by atoms with Crippen LogP contribution >= 0.6 is 0 Å². The third-order valence-corrected chi connectivity index (χ3v) is 4.20. The number of hydrogen-bond donors (Lipinski definition) is 1. The Morgan fingerprint density at radius 2 is 1.76 bits per heavy atom. The van der Waals surface area contributed by atoms with Crippen molar-refractivity contribution in [3.8, 4) is 0 Å². The van der Waals surface area contributed by atoms with Crippen LogP contribution < -0.4 is 0 Å². The molecule has 0 radical (unpaired) electrons. The lowest BCUT2D eigenvalue weighted by molar-refractivity contribution is 0.262. The molecule has 0 amide bonds. The van der Waals surface area contributed by atoms with Crippen LogP contribution in [0.15, 0.2) is 24.3 Å². The first-order valence-corrected chi connectivity index (χ1v) is 7.06. The van der Waals surface area contributed by atoms with E-state index in [-0.39, 0.29) is 6.61 Å². The lowest BCUT2D eigenvalue weighted by Crippen LogP contribution is -2.06.